The lowest BCUT2D eigenvalue weighted by Gasteiger charge is -2.28. The lowest BCUT2D eigenvalue weighted by Crippen LogP contribution is -2.37. The van der Waals surface area contributed by atoms with Crippen molar-refractivity contribution in [3.05, 3.63) is 59.7 Å². The molecule has 2 aromatic carbocycles. The van der Waals surface area contributed by atoms with Crippen LogP contribution in [0.2, 0.25) is 0 Å². The number of benzene rings is 2. The second-order valence-corrected chi connectivity index (χ2v) is 9.60. The van der Waals surface area contributed by atoms with Gasteiger partial charge in [0.25, 0.3) is 5.91 Å². The Morgan fingerprint density at radius 1 is 0.900 bits per heavy atom. The Morgan fingerprint density at radius 2 is 1.57 bits per heavy atom. The molecule has 0 radical (unpaired) electrons. The summed E-state index contributed by atoms with van der Waals surface area (Å²) < 4.78 is 31.3. The number of ether oxygens (including phenoxy) is 1. The van der Waals surface area contributed by atoms with Gasteiger partial charge in [-0.1, -0.05) is 12.1 Å². The molecule has 0 aliphatic carbocycles. The quantitative estimate of drug-likeness (QED) is 0.790. The van der Waals surface area contributed by atoms with E-state index >= 15 is 0 Å². The highest BCUT2D eigenvalue weighted by Crippen LogP contribution is 2.24. The molecule has 8 heteroatoms. The predicted octanol–water partition coefficient (Wildman–Crippen LogP) is 2.38. The van der Waals surface area contributed by atoms with Gasteiger partial charge in [0.1, 0.15) is 0 Å². The van der Waals surface area contributed by atoms with E-state index < -0.39 is 10.0 Å². The van der Waals surface area contributed by atoms with E-state index in [2.05, 4.69) is 22.3 Å². The topological polar surface area (TPSA) is 79.0 Å². The fraction of sp³-hybridized carbons (Fsp3) is 0.409. The fourth-order valence-corrected chi connectivity index (χ4v) is 5.43. The number of rotatable bonds is 5. The first-order chi connectivity index (χ1) is 14.5. The Labute approximate surface area is 177 Å². The van der Waals surface area contributed by atoms with E-state index in [-0.39, 0.29) is 11.7 Å². The van der Waals surface area contributed by atoms with Crippen LogP contribution in [0.15, 0.2) is 48.5 Å². The Kier molecular flexibility index (Phi) is 6.24. The number of carbonyl (C=O) groups is 1. The maximum Gasteiger partial charge on any atom is 0.251 e. The molecule has 2 aliphatic rings. The molecule has 2 aromatic rings. The van der Waals surface area contributed by atoms with Crippen LogP contribution in [0, 0.1) is 0 Å². The monoisotopic (exact) mass is 429 g/mol. The Hall–Kier alpha value is -2.58. The molecule has 2 fully saturated rings. The second-order valence-electron chi connectivity index (χ2n) is 7.59. The average Bonchev–Trinajstić information content (AvgIpc) is 2.78. The molecule has 0 bridgehead atoms. The Bertz CT molecular complexity index is 968. The minimum Gasteiger partial charge on any atom is -0.378 e. The van der Waals surface area contributed by atoms with Gasteiger partial charge in [0.15, 0.2) is 0 Å². The highest BCUT2D eigenvalue weighted by atomic mass is 32.2. The van der Waals surface area contributed by atoms with Crippen molar-refractivity contribution in [1.82, 2.24) is 5.32 Å². The average molecular weight is 430 g/mol. The van der Waals surface area contributed by atoms with E-state index in [1.807, 2.05) is 12.1 Å². The fourth-order valence-electron chi connectivity index (χ4n) is 3.79. The SMILES string of the molecule is O=C(NCc1ccc(N2CCOCC2)cc1)c1ccc(N2CCCCS2(=O)=O)cc1. The number of morpholine rings is 1. The van der Waals surface area contributed by atoms with Gasteiger partial charge in [0, 0.05) is 37.4 Å². The molecule has 1 N–H and O–H groups in total. The van der Waals surface area contributed by atoms with Crippen molar-refractivity contribution in [2.75, 3.05) is 47.8 Å². The third-order valence-corrected chi connectivity index (χ3v) is 7.40. The molecule has 2 saturated heterocycles. The molecule has 1 amide bonds. The van der Waals surface area contributed by atoms with Gasteiger partial charge in [-0.05, 0) is 54.8 Å². The molecule has 160 valence electrons. The van der Waals surface area contributed by atoms with Crippen molar-refractivity contribution in [3.63, 3.8) is 0 Å². The molecule has 0 aromatic heterocycles. The normalized spacial score (nSPS) is 18.8. The smallest absolute Gasteiger partial charge is 0.251 e. The standard InChI is InChI=1S/C22H27N3O4S/c26-22(19-5-9-21(10-6-19)25-11-1-2-16-30(25,27)28)23-17-18-3-7-20(8-4-18)24-12-14-29-15-13-24/h3-10H,1-2,11-17H2,(H,23,26). The molecule has 4 rings (SSSR count). The van der Waals surface area contributed by atoms with Crippen LogP contribution in [0.1, 0.15) is 28.8 Å². The van der Waals surface area contributed by atoms with Crippen molar-refractivity contribution in [1.29, 1.82) is 0 Å². The van der Waals surface area contributed by atoms with Gasteiger partial charge >= 0.3 is 0 Å². The summed E-state index contributed by atoms with van der Waals surface area (Å²) in [5.41, 5.74) is 3.32. The first-order valence-electron chi connectivity index (χ1n) is 10.3. The number of hydrogen-bond donors (Lipinski definition) is 1. The molecule has 0 saturated carbocycles. The lowest BCUT2D eigenvalue weighted by atomic mass is 10.1. The highest BCUT2D eigenvalue weighted by Gasteiger charge is 2.26. The van der Waals surface area contributed by atoms with Crippen LogP contribution in [-0.4, -0.2) is 52.9 Å². The van der Waals surface area contributed by atoms with E-state index in [9.17, 15) is 13.2 Å². The first kappa shape index (κ1) is 20.7. The maximum atomic E-state index is 12.5. The van der Waals surface area contributed by atoms with E-state index in [0.717, 1.165) is 44.0 Å². The van der Waals surface area contributed by atoms with Crippen molar-refractivity contribution < 1.29 is 17.9 Å². The van der Waals surface area contributed by atoms with E-state index in [1.165, 1.54) is 4.31 Å². The molecule has 30 heavy (non-hydrogen) atoms. The summed E-state index contributed by atoms with van der Waals surface area (Å²) in [6, 6.07) is 14.9. The number of anilines is 2. The van der Waals surface area contributed by atoms with Crippen LogP contribution < -0.4 is 14.5 Å². The zero-order chi connectivity index (χ0) is 21.0. The van der Waals surface area contributed by atoms with Crippen LogP contribution in [0.25, 0.3) is 0 Å². The summed E-state index contributed by atoms with van der Waals surface area (Å²) >= 11 is 0. The van der Waals surface area contributed by atoms with E-state index in [1.54, 1.807) is 24.3 Å². The predicted molar refractivity (Wildman–Crippen MR) is 117 cm³/mol. The van der Waals surface area contributed by atoms with Crippen LogP contribution in [0.3, 0.4) is 0 Å². The molecule has 2 aliphatic heterocycles. The largest absolute Gasteiger partial charge is 0.378 e. The molecular weight excluding hydrogens is 402 g/mol. The summed E-state index contributed by atoms with van der Waals surface area (Å²) in [4.78, 5) is 14.8. The molecular formula is C22H27N3O4S. The van der Waals surface area contributed by atoms with Gasteiger partial charge in [-0.2, -0.15) is 0 Å². The summed E-state index contributed by atoms with van der Waals surface area (Å²) in [7, 11) is -3.25. The summed E-state index contributed by atoms with van der Waals surface area (Å²) in [6.07, 6.45) is 1.55. The van der Waals surface area contributed by atoms with Crippen molar-refractivity contribution in [2.45, 2.75) is 19.4 Å². The number of amides is 1. The van der Waals surface area contributed by atoms with Crippen molar-refractivity contribution >= 4 is 27.3 Å². The Morgan fingerprint density at radius 3 is 2.23 bits per heavy atom. The summed E-state index contributed by atoms with van der Waals surface area (Å²) in [6.45, 7) is 4.22. The second kappa shape index (κ2) is 9.06. The molecule has 2 heterocycles. The number of hydrogen-bond acceptors (Lipinski definition) is 5. The number of sulfonamides is 1. The highest BCUT2D eigenvalue weighted by molar-refractivity contribution is 7.92. The van der Waals surface area contributed by atoms with Gasteiger partial charge < -0.3 is 15.0 Å². The van der Waals surface area contributed by atoms with Gasteiger partial charge in [0.05, 0.1) is 24.7 Å². The van der Waals surface area contributed by atoms with Crippen LogP contribution in [-0.2, 0) is 21.3 Å². The third-order valence-electron chi connectivity index (χ3n) is 5.53. The Balaban J connectivity index is 1.34. The number of carbonyl (C=O) groups excluding carboxylic acids is 1. The summed E-state index contributed by atoms with van der Waals surface area (Å²) in [5, 5.41) is 2.93. The van der Waals surface area contributed by atoms with E-state index in [0.29, 0.717) is 30.8 Å². The van der Waals surface area contributed by atoms with Crippen LogP contribution in [0.5, 0.6) is 0 Å². The van der Waals surface area contributed by atoms with Crippen molar-refractivity contribution in [3.8, 4) is 0 Å². The number of nitrogens with zero attached hydrogens (tertiary/aromatic N) is 2. The number of nitrogens with one attached hydrogen (secondary N) is 1. The molecule has 0 unspecified atom stereocenters. The van der Waals surface area contributed by atoms with Crippen LogP contribution >= 0.6 is 0 Å². The minimum atomic E-state index is -3.25. The van der Waals surface area contributed by atoms with Gasteiger partial charge in [-0.15, -0.1) is 0 Å². The molecule has 0 spiro atoms. The van der Waals surface area contributed by atoms with Gasteiger partial charge in [0.2, 0.25) is 10.0 Å². The third kappa shape index (κ3) is 4.76. The summed E-state index contributed by atoms with van der Waals surface area (Å²) in [5.74, 6) is -0.000147. The maximum absolute atomic E-state index is 12.5. The van der Waals surface area contributed by atoms with Crippen LogP contribution in [0.4, 0.5) is 11.4 Å². The zero-order valence-corrected chi connectivity index (χ0v) is 17.7. The van der Waals surface area contributed by atoms with Gasteiger partial charge in [-0.25, -0.2) is 8.42 Å². The minimum absolute atomic E-state index is 0.180. The molecule has 0 atom stereocenters. The zero-order valence-electron chi connectivity index (χ0n) is 16.9. The van der Waals surface area contributed by atoms with Gasteiger partial charge in [-0.3, -0.25) is 9.10 Å². The lowest BCUT2D eigenvalue weighted by molar-refractivity contribution is 0.0951. The first-order valence-corrected chi connectivity index (χ1v) is 11.9. The van der Waals surface area contributed by atoms with Crippen molar-refractivity contribution in [2.24, 2.45) is 0 Å². The molecule has 7 nitrogen and oxygen atoms in total. The van der Waals surface area contributed by atoms with E-state index in [4.69, 9.17) is 4.74 Å².